The van der Waals surface area contributed by atoms with Crippen molar-refractivity contribution in [1.29, 1.82) is 0 Å². The molecule has 5 N–H and O–H groups in total. The summed E-state index contributed by atoms with van der Waals surface area (Å²) < 4.78 is 31.2. The van der Waals surface area contributed by atoms with Crippen LogP contribution in [0.5, 0.6) is 11.5 Å². The van der Waals surface area contributed by atoms with Gasteiger partial charge in [0.15, 0.2) is 11.6 Å². The van der Waals surface area contributed by atoms with E-state index in [4.69, 9.17) is 5.73 Å². The number of hydrogen-bond acceptors (Lipinski definition) is 9. The summed E-state index contributed by atoms with van der Waals surface area (Å²) in [5.41, 5.74) is 6.60. The smallest absolute Gasteiger partial charge is 0.394 e. The number of primary amides is 1. The van der Waals surface area contributed by atoms with Crippen LogP contribution in [0.25, 0.3) is 11.1 Å². The Kier molecular flexibility index (Phi) is 7.24. The van der Waals surface area contributed by atoms with Crippen LogP contribution in [0.15, 0.2) is 53.0 Å². The third-order valence-corrected chi connectivity index (χ3v) is 8.49. The maximum Gasteiger partial charge on any atom is 0.394 e. The number of likely N-dealkylation sites (N-methyl/N-ethyl adjacent to an activating group) is 1. The number of carbonyl (C=O) groups is 3. The van der Waals surface area contributed by atoms with Gasteiger partial charge in [0.2, 0.25) is 0 Å². The lowest BCUT2D eigenvalue weighted by molar-refractivity contribution is -0.159. The number of allylic oxidation sites excluding steroid dienone is 2. The van der Waals surface area contributed by atoms with Crippen LogP contribution in [0.4, 0.5) is 14.5 Å². The van der Waals surface area contributed by atoms with Gasteiger partial charge in [-0.25, -0.2) is 0 Å². The van der Waals surface area contributed by atoms with Gasteiger partial charge in [0.05, 0.1) is 17.5 Å². The number of aromatic hydroxyl groups is 1. The molecule has 4 atom stereocenters. The van der Waals surface area contributed by atoms with Crippen LogP contribution < -0.4 is 15.4 Å². The second-order valence-corrected chi connectivity index (χ2v) is 11.8. The van der Waals surface area contributed by atoms with Crippen molar-refractivity contribution >= 4 is 23.2 Å². The van der Waals surface area contributed by atoms with Gasteiger partial charge in [-0.3, -0.25) is 19.3 Å². The molecule has 0 heterocycles. The number of Topliss-reactive ketones (excluding diaryl/α,β-unsaturated/α-hetero) is 2. The van der Waals surface area contributed by atoms with Crippen molar-refractivity contribution in [2.24, 2.45) is 23.5 Å². The number of nitrogens with zero attached hydrogens (tertiary/aromatic N) is 2. The highest BCUT2D eigenvalue weighted by Crippen LogP contribution is 2.52. The Morgan fingerprint density at radius 1 is 1.05 bits per heavy atom. The van der Waals surface area contributed by atoms with E-state index in [1.807, 2.05) is 0 Å². The highest BCUT2D eigenvalue weighted by atomic mass is 19.3. The van der Waals surface area contributed by atoms with Gasteiger partial charge in [-0.15, -0.1) is 0 Å². The molecule has 0 bridgehead atoms. The number of fused-ring (bicyclic) bond motifs is 3. The molecule has 0 radical (unpaired) electrons. The lowest BCUT2D eigenvalue weighted by atomic mass is 9.60. The summed E-state index contributed by atoms with van der Waals surface area (Å²) in [5, 5.41) is 33.9. The first-order valence-electron chi connectivity index (χ1n) is 13.7. The molecule has 0 aliphatic heterocycles. The zero-order valence-corrected chi connectivity index (χ0v) is 24.3. The number of phenolic OH excluding ortho intramolecular Hbond substituents is 1. The Hall–Kier alpha value is -4.45. The van der Waals surface area contributed by atoms with E-state index >= 15 is 0 Å². The van der Waals surface area contributed by atoms with Gasteiger partial charge in [-0.1, -0.05) is 12.1 Å². The fraction of sp³-hybridized carbons (Fsp3) is 0.387. The molecule has 0 saturated heterocycles. The van der Waals surface area contributed by atoms with Crippen molar-refractivity contribution in [3.63, 3.8) is 0 Å². The van der Waals surface area contributed by atoms with Crippen LogP contribution >= 0.6 is 0 Å². The maximum atomic E-state index is 14.2. The summed E-state index contributed by atoms with van der Waals surface area (Å²) in [6.07, 6.45) is -2.91. The summed E-state index contributed by atoms with van der Waals surface area (Å²) in [6, 6.07) is 6.49. The topological polar surface area (TPSA) is 154 Å². The Morgan fingerprint density at radius 2 is 1.67 bits per heavy atom. The normalized spacial score (nSPS) is 23.6. The number of ether oxygens (including phenoxy) is 1. The number of nitrogens with two attached hydrogens (primary N) is 1. The standard InChI is InChI=1S/C31H33F2N3O7/c1-31(32,33)43-15-8-6-13(7-9-15)16-12-19(35(2)3)17-10-14-11-18-22(27(39)20(14)26(38)21(17)25(16)37)28(40)23(30(34)42)29(41)24(18)36(4)5/h6-9,12,14,18,22,24,37,39,41H,10-11H2,1-5H3,(H2,34,42)/t14-,18+,22?,24-/m0/s1. The molecule has 0 fully saturated rings. The van der Waals surface area contributed by atoms with Crippen molar-refractivity contribution < 1.29 is 43.2 Å². The van der Waals surface area contributed by atoms with Crippen LogP contribution in [-0.4, -0.2) is 78.0 Å². The zero-order chi connectivity index (χ0) is 31.7. The minimum Gasteiger partial charge on any atom is -0.511 e. The van der Waals surface area contributed by atoms with E-state index in [1.165, 1.54) is 24.3 Å². The monoisotopic (exact) mass is 597 g/mol. The first kappa shape index (κ1) is 30.0. The molecule has 3 aliphatic rings. The number of hydrogen-bond donors (Lipinski definition) is 4. The Labute approximate surface area is 246 Å². The van der Waals surface area contributed by atoms with Crippen LogP contribution in [-0.2, 0) is 16.0 Å². The van der Waals surface area contributed by atoms with E-state index in [1.54, 1.807) is 44.1 Å². The van der Waals surface area contributed by atoms with Gasteiger partial charge >= 0.3 is 6.11 Å². The molecule has 1 unspecified atom stereocenters. The van der Waals surface area contributed by atoms with Crippen molar-refractivity contribution in [3.05, 3.63) is 64.1 Å². The number of amides is 1. The minimum absolute atomic E-state index is 0.0316. The Morgan fingerprint density at radius 3 is 2.21 bits per heavy atom. The minimum atomic E-state index is -3.38. The molecule has 2 aromatic carbocycles. The lowest BCUT2D eigenvalue weighted by Crippen LogP contribution is -2.53. The molecular weight excluding hydrogens is 564 g/mol. The van der Waals surface area contributed by atoms with Crippen LogP contribution in [0.1, 0.15) is 29.3 Å². The summed E-state index contributed by atoms with van der Waals surface area (Å²) >= 11 is 0. The van der Waals surface area contributed by atoms with Gasteiger partial charge < -0.3 is 30.7 Å². The Balaban J connectivity index is 1.65. The number of phenols is 1. The summed E-state index contributed by atoms with van der Waals surface area (Å²) in [5.74, 6) is -6.55. The van der Waals surface area contributed by atoms with Crippen LogP contribution in [0, 0.1) is 17.8 Å². The Bertz CT molecular complexity index is 1610. The van der Waals surface area contributed by atoms with E-state index < -0.39 is 64.5 Å². The predicted molar refractivity (Wildman–Crippen MR) is 153 cm³/mol. The second-order valence-electron chi connectivity index (χ2n) is 11.8. The number of benzene rings is 2. The van der Waals surface area contributed by atoms with Crippen molar-refractivity contribution in [2.75, 3.05) is 33.1 Å². The summed E-state index contributed by atoms with van der Waals surface area (Å²) in [4.78, 5) is 43.2. The highest BCUT2D eigenvalue weighted by molar-refractivity contribution is 6.22. The van der Waals surface area contributed by atoms with Gasteiger partial charge in [0.1, 0.15) is 28.6 Å². The molecule has 43 heavy (non-hydrogen) atoms. The number of anilines is 1. The van der Waals surface area contributed by atoms with Gasteiger partial charge in [0.25, 0.3) is 5.91 Å². The lowest BCUT2D eigenvalue weighted by Gasteiger charge is -2.46. The maximum absolute atomic E-state index is 14.2. The van der Waals surface area contributed by atoms with Crippen LogP contribution in [0.2, 0.25) is 0 Å². The molecule has 5 rings (SSSR count). The zero-order valence-electron chi connectivity index (χ0n) is 24.3. The molecular formula is C31H33F2N3O7. The fourth-order valence-corrected chi connectivity index (χ4v) is 6.85. The van der Waals surface area contributed by atoms with E-state index in [0.29, 0.717) is 23.7 Å². The average Bonchev–Trinajstić information content (AvgIpc) is 2.87. The number of alkyl halides is 2. The molecule has 0 spiro atoms. The molecule has 3 aliphatic carbocycles. The number of halogens is 2. The third-order valence-electron chi connectivity index (χ3n) is 8.49. The van der Waals surface area contributed by atoms with E-state index in [-0.39, 0.29) is 41.0 Å². The number of aliphatic hydroxyl groups excluding tert-OH is 2. The third kappa shape index (κ3) is 4.89. The van der Waals surface area contributed by atoms with E-state index in [0.717, 1.165) is 0 Å². The second kappa shape index (κ2) is 10.4. The molecule has 0 saturated carbocycles. The molecule has 228 valence electrons. The number of carbonyl (C=O) groups excluding carboxylic acids is 3. The number of aliphatic hydroxyl groups is 2. The van der Waals surface area contributed by atoms with Gasteiger partial charge in [0, 0.05) is 37.8 Å². The fourth-order valence-electron chi connectivity index (χ4n) is 6.85. The molecule has 0 aromatic heterocycles. The van der Waals surface area contributed by atoms with Crippen molar-refractivity contribution in [2.45, 2.75) is 31.9 Å². The van der Waals surface area contributed by atoms with E-state index in [9.17, 15) is 38.5 Å². The molecule has 12 heteroatoms. The first-order valence-corrected chi connectivity index (χ1v) is 13.7. The number of ketones is 2. The average molecular weight is 598 g/mol. The highest BCUT2D eigenvalue weighted by Gasteiger charge is 2.54. The van der Waals surface area contributed by atoms with Crippen molar-refractivity contribution in [3.8, 4) is 22.6 Å². The molecule has 1 amide bonds. The van der Waals surface area contributed by atoms with Gasteiger partial charge in [-0.05, 0) is 68.1 Å². The first-order chi connectivity index (χ1) is 20.0. The molecule has 10 nitrogen and oxygen atoms in total. The van der Waals surface area contributed by atoms with Crippen LogP contribution in [0.3, 0.4) is 0 Å². The summed E-state index contributed by atoms with van der Waals surface area (Å²) in [6.45, 7) is 0.616. The molecule has 2 aromatic rings. The SMILES string of the molecule is CN(C)c1cc(-c2ccc(OC(C)(F)F)cc2)c(O)c2c1C[C@H]1C[C@@H]3C(C(=O)C(C(N)=O)=C(O)[C@H]3N(C)C)C(O)=C1C2=O. The largest absolute Gasteiger partial charge is 0.511 e. The predicted octanol–water partition coefficient (Wildman–Crippen LogP) is 3.73. The number of rotatable bonds is 6. The van der Waals surface area contributed by atoms with Crippen molar-refractivity contribution in [1.82, 2.24) is 4.90 Å². The van der Waals surface area contributed by atoms with E-state index in [2.05, 4.69) is 4.74 Å². The summed E-state index contributed by atoms with van der Waals surface area (Å²) in [7, 11) is 6.88. The van der Waals surface area contributed by atoms with Gasteiger partial charge in [-0.2, -0.15) is 8.78 Å². The quantitative estimate of drug-likeness (QED) is 0.365.